The van der Waals surface area contributed by atoms with Crippen molar-refractivity contribution in [1.82, 2.24) is 10.2 Å². The first-order valence-electron chi connectivity index (χ1n) is 8.69. The van der Waals surface area contributed by atoms with Gasteiger partial charge in [-0.1, -0.05) is 36.4 Å². The third-order valence-electron chi connectivity index (χ3n) is 3.75. The second-order valence-electron chi connectivity index (χ2n) is 7.37. The molecule has 2 aromatic rings. The molecule has 5 nitrogen and oxygen atoms in total. The quantitative estimate of drug-likeness (QED) is 0.838. The zero-order valence-corrected chi connectivity index (χ0v) is 15.9. The Labute approximate surface area is 155 Å². The number of likely N-dealkylation sites (N-methyl/N-ethyl adjacent to an activating group) is 1. The van der Waals surface area contributed by atoms with Crippen molar-refractivity contribution in [3.05, 3.63) is 65.7 Å². The third-order valence-corrected chi connectivity index (χ3v) is 3.75. The summed E-state index contributed by atoms with van der Waals surface area (Å²) in [5, 5.41) is 6.03. The van der Waals surface area contributed by atoms with Crippen molar-refractivity contribution in [2.75, 3.05) is 18.9 Å². The van der Waals surface area contributed by atoms with E-state index in [-0.39, 0.29) is 23.9 Å². The Balaban J connectivity index is 1.91. The zero-order chi connectivity index (χ0) is 19.2. The van der Waals surface area contributed by atoms with Crippen LogP contribution < -0.4 is 10.6 Å². The highest BCUT2D eigenvalue weighted by molar-refractivity contribution is 5.95. The molecule has 0 fully saturated rings. The molecular weight excluding hydrogens is 326 g/mol. The van der Waals surface area contributed by atoms with Crippen LogP contribution in [0.25, 0.3) is 0 Å². The average molecular weight is 353 g/mol. The highest BCUT2D eigenvalue weighted by atomic mass is 16.2. The summed E-state index contributed by atoms with van der Waals surface area (Å²) in [6.45, 7) is 6.56. The van der Waals surface area contributed by atoms with E-state index < -0.39 is 0 Å². The highest BCUT2D eigenvalue weighted by Crippen LogP contribution is 2.12. The molecule has 0 spiro atoms. The lowest BCUT2D eigenvalue weighted by Crippen LogP contribution is -2.40. The standard InChI is InChI=1S/C21H27N3O2/c1-21(2,3)23-20(26)17-11-8-12-18(13-17)22-14-19(25)24(4)15-16-9-6-5-7-10-16/h5-13,22H,14-15H2,1-4H3,(H,23,26). The Kier molecular flexibility index (Phi) is 6.39. The molecule has 0 aliphatic heterocycles. The van der Waals surface area contributed by atoms with Crippen molar-refractivity contribution in [2.45, 2.75) is 32.9 Å². The van der Waals surface area contributed by atoms with Crippen LogP contribution in [0.15, 0.2) is 54.6 Å². The van der Waals surface area contributed by atoms with Crippen LogP contribution in [0.5, 0.6) is 0 Å². The van der Waals surface area contributed by atoms with E-state index in [2.05, 4.69) is 10.6 Å². The lowest BCUT2D eigenvalue weighted by atomic mass is 10.1. The molecule has 5 heteroatoms. The van der Waals surface area contributed by atoms with Crippen molar-refractivity contribution in [3.63, 3.8) is 0 Å². The largest absolute Gasteiger partial charge is 0.376 e. The first-order chi connectivity index (χ1) is 12.2. The van der Waals surface area contributed by atoms with E-state index in [0.717, 1.165) is 11.3 Å². The van der Waals surface area contributed by atoms with Gasteiger partial charge in [0.25, 0.3) is 5.91 Å². The van der Waals surface area contributed by atoms with Crippen LogP contribution in [-0.2, 0) is 11.3 Å². The van der Waals surface area contributed by atoms with Crippen LogP contribution in [0.4, 0.5) is 5.69 Å². The maximum absolute atomic E-state index is 12.3. The van der Waals surface area contributed by atoms with Gasteiger partial charge >= 0.3 is 0 Å². The van der Waals surface area contributed by atoms with Gasteiger partial charge in [0.05, 0.1) is 6.54 Å². The molecule has 26 heavy (non-hydrogen) atoms. The molecule has 0 aliphatic rings. The first kappa shape index (κ1) is 19.5. The summed E-state index contributed by atoms with van der Waals surface area (Å²) >= 11 is 0. The SMILES string of the molecule is CN(Cc1ccccc1)C(=O)CNc1cccc(C(=O)NC(C)(C)C)c1. The highest BCUT2D eigenvalue weighted by Gasteiger charge is 2.15. The van der Waals surface area contributed by atoms with E-state index in [0.29, 0.717) is 12.1 Å². The fourth-order valence-electron chi connectivity index (χ4n) is 2.44. The second-order valence-corrected chi connectivity index (χ2v) is 7.37. The molecule has 2 N–H and O–H groups in total. The topological polar surface area (TPSA) is 61.4 Å². The van der Waals surface area contributed by atoms with Crippen LogP contribution >= 0.6 is 0 Å². The van der Waals surface area contributed by atoms with Crippen molar-refractivity contribution in [2.24, 2.45) is 0 Å². The minimum Gasteiger partial charge on any atom is -0.376 e. The summed E-state index contributed by atoms with van der Waals surface area (Å²) in [5.74, 6) is -0.146. The van der Waals surface area contributed by atoms with E-state index in [4.69, 9.17) is 0 Å². The molecule has 0 saturated heterocycles. The fourth-order valence-corrected chi connectivity index (χ4v) is 2.44. The number of nitrogens with one attached hydrogen (secondary N) is 2. The average Bonchev–Trinajstić information content (AvgIpc) is 2.59. The number of hydrogen-bond donors (Lipinski definition) is 2. The monoisotopic (exact) mass is 353 g/mol. The number of amides is 2. The van der Waals surface area contributed by atoms with Crippen molar-refractivity contribution in [3.8, 4) is 0 Å². The first-order valence-corrected chi connectivity index (χ1v) is 8.69. The number of carbonyl (C=O) groups is 2. The molecule has 0 bridgehead atoms. The Bertz CT molecular complexity index is 751. The molecule has 2 amide bonds. The number of hydrogen-bond acceptors (Lipinski definition) is 3. The molecule has 0 saturated carbocycles. The van der Waals surface area contributed by atoms with Gasteiger partial charge in [-0.15, -0.1) is 0 Å². The van der Waals surface area contributed by atoms with Gasteiger partial charge in [0.15, 0.2) is 0 Å². The minimum atomic E-state index is -0.295. The predicted molar refractivity (Wildman–Crippen MR) is 105 cm³/mol. The Morgan fingerprint density at radius 3 is 2.35 bits per heavy atom. The summed E-state index contributed by atoms with van der Waals surface area (Å²) in [7, 11) is 1.78. The summed E-state index contributed by atoms with van der Waals surface area (Å²) in [5.41, 5.74) is 2.10. The van der Waals surface area contributed by atoms with Crippen LogP contribution in [0, 0.1) is 0 Å². The van der Waals surface area contributed by atoms with Gasteiger partial charge in [0, 0.05) is 30.4 Å². The lowest BCUT2D eigenvalue weighted by Gasteiger charge is -2.21. The molecule has 0 aliphatic carbocycles. The summed E-state index contributed by atoms with van der Waals surface area (Å²) in [4.78, 5) is 26.2. The smallest absolute Gasteiger partial charge is 0.251 e. The molecule has 0 heterocycles. The molecule has 0 unspecified atom stereocenters. The molecular formula is C21H27N3O2. The van der Waals surface area contributed by atoms with Crippen molar-refractivity contribution in [1.29, 1.82) is 0 Å². The van der Waals surface area contributed by atoms with Gasteiger partial charge in [0.2, 0.25) is 5.91 Å². The molecule has 2 rings (SSSR count). The van der Waals surface area contributed by atoms with Gasteiger partial charge in [-0.3, -0.25) is 9.59 Å². The third kappa shape index (κ3) is 6.24. The van der Waals surface area contributed by atoms with Gasteiger partial charge < -0.3 is 15.5 Å². The van der Waals surface area contributed by atoms with Gasteiger partial charge in [-0.2, -0.15) is 0 Å². The number of anilines is 1. The molecule has 0 atom stereocenters. The van der Waals surface area contributed by atoms with Crippen LogP contribution in [0.1, 0.15) is 36.7 Å². The van der Waals surface area contributed by atoms with Crippen LogP contribution in [0.2, 0.25) is 0 Å². The number of nitrogens with zero attached hydrogens (tertiary/aromatic N) is 1. The summed E-state index contributed by atoms with van der Waals surface area (Å²) < 4.78 is 0. The normalized spacial score (nSPS) is 10.9. The predicted octanol–water partition coefficient (Wildman–Crippen LogP) is 3.29. The number of carbonyl (C=O) groups excluding carboxylic acids is 2. The summed E-state index contributed by atoms with van der Waals surface area (Å²) in [6.07, 6.45) is 0. The Hall–Kier alpha value is -2.82. The van der Waals surface area contributed by atoms with Crippen molar-refractivity contribution >= 4 is 17.5 Å². The van der Waals surface area contributed by atoms with Gasteiger partial charge in [-0.05, 0) is 44.5 Å². The van der Waals surface area contributed by atoms with Crippen LogP contribution in [-0.4, -0.2) is 35.8 Å². The zero-order valence-electron chi connectivity index (χ0n) is 15.9. The molecule has 0 aromatic heterocycles. The molecule has 2 aromatic carbocycles. The second kappa shape index (κ2) is 8.52. The van der Waals surface area contributed by atoms with E-state index >= 15 is 0 Å². The van der Waals surface area contributed by atoms with Gasteiger partial charge in [0.1, 0.15) is 0 Å². The maximum atomic E-state index is 12.3. The van der Waals surface area contributed by atoms with E-state index in [1.807, 2.05) is 57.2 Å². The van der Waals surface area contributed by atoms with Crippen molar-refractivity contribution < 1.29 is 9.59 Å². The van der Waals surface area contributed by atoms with Gasteiger partial charge in [-0.25, -0.2) is 0 Å². The molecule has 0 radical (unpaired) electrons. The Morgan fingerprint density at radius 2 is 1.69 bits per heavy atom. The van der Waals surface area contributed by atoms with E-state index in [9.17, 15) is 9.59 Å². The lowest BCUT2D eigenvalue weighted by molar-refractivity contribution is -0.128. The summed E-state index contributed by atoms with van der Waals surface area (Å²) in [6, 6.07) is 17.0. The maximum Gasteiger partial charge on any atom is 0.251 e. The molecule has 138 valence electrons. The van der Waals surface area contributed by atoms with E-state index in [1.54, 1.807) is 30.1 Å². The fraction of sp³-hybridized carbons (Fsp3) is 0.333. The van der Waals surface area contributed by atoms with Crippen LogP contribution in [0.3, 0.4) is 0 Å². The minimum absolute atomic E-state index is 0.0154. The Morgan fingerprint density at radius 1 is 1.00 bits per heavy atom. The number of rotatable bonds is 6. The van der Waals surface area contributed by atoms with E-state index in [1.165, 1.54) is 0 Å². The number of benzene rings is 2.